The minimum atomic E-state index is 0.0678. The first-order chi connectivity index (χ1) is 9.78. The molecule has 1 aliphatic heterocycles. The fourth-order valence-electron chi connectivity index (χ4n) is 2.31. The van der Waals surface area contributed by atoms with Gasteiger partial charge in [0, 0.05) is 18.5 Å². The Kier molecular flexibility index (Phi) is 3.55. The molecule has 2 heterocycles. The van der Waals surface area contributed by atoms with E-state index >= 15 is 0 Å². The van der Waals surface area contributed by atoms with Gasteiger partial charge in [-0.05, 0) is 17.2 Å². The first-order valence-electron chi connectivity index (χ1n) is 6.41. The summed E-state index contributed by atoms with van der Waals surface area (Å²) >= 11 is 1.48. The highest BCUT2D eigenvalue weighted by Gasteiger charge is 2.24. The Hall–Kier alpha value is -2.09. The van der Waals surface area contributed by atoms with Gasteiger partial charge in [-0.25, -0.2) is 0 Å². The van der Waals surface area contributed by atoms with Gasteiger partial charge in [0.25, 0.3) is 5.91 Å². The van der Waals surface area contributed by atoms with Crippen molar-refractivity contribution in [2.45, 2.75) is 13.1 Å². The second-order valence-electron chi connectivity index (χ2n) is 4.64. The summed E-state index contributed by atoms with van der Waals surface area (Å²) in [5, 5.41) is 1.87. The molecular formula is C16H14N2OS. The van der Waals surface area contributed by atoms with Gasteiger partial charge in [0.1, 0.15) is 0 Å². The van der Waals surface area contributed by atoms with Crippen molar-refractivity contribution in [3.63, 3.8) is 0 Å². The molecule has 0 atom stereocenters. The van der Waals surface area contributed by atoms with Crippen molar-refractivity contribution < 1.29 is 4.79 Å². The van der Waals surface area contributed by atoms with Gasteiger partial charge in [-0.15, -0.1) is 11.3 Å². The van der Waals surface area contributed by atoms with Crippen molar-refractivity contribution in [2.75, 3.05) is 6.54 Å². The molecule has 3 rings (SSSR count). The molecule has 1 amide bonds. The molecule has 0 aliphatic carbocycles. The molecule has 1 aromatic carbocycles. The molecule has 100 valence electrons. The van der Waals surface area contributed by atoms with Crippen molar-refractivity contribution in [1.82, 2.24) is 4.90 Å². The molecule has 0 spiro atoms. The minimum absolute atomic E-state index is 0.0678. The van der Waals surface area contributed by atoms with Crippen LogP contribution in [0.4, 0.5) is 0 Å². The van der Waals surface area contributed by atoms with E-state index in [0.29, 0.717) is 25.2 Å². The summed E-state index contributed by atoms with van der Waals surface area (Å²) in [7, 11) is 0. The summed E-state index contributed by atoms with van der Waals surface area (Å²) in [5.74, 6) is 5.83. The molecule has 0 radical (unpaired) electrons. The van der Waals surface area contributed by atoms with E-state index in [1.165, 1.54) is 22.5 Å². The maximum atomic E-state index is 12.5. The topological polar surface area (TPSA) is 46.3 Å². The third-order valence-electron chi connectivity index (χ3n) is 3.29. The minimum Gasteiger partial charge on any atom is -0.330 e. The molecule has 0 fully saturated rings. The molecule has 3 nitrogen and oxygen atoms in total. The van der Waals surface area contributed by atoms with Gasteiger partial charge in [0.2, 0.25) is 0 Å². The van der Waals surface area contributed by atoms with Gasteiger partial charge >= 0.3 is 0 Å². The lowest BCUT2D eigenvalue weighted by atomic mass is 10.1. The van der Waals surface area contributed by atoms with Gasteiger partial charge in [-0.2, -0.15) is 0 Å². The number of nitrogens with zero attached hydrogens (tertiary/aromatic N) is 1. The molecule has 2 aromatic rings. The van der Waals surface area contributed by atoms with Crippen LogP contribution in [0.5, 0.6) is 0 Å². The lowest BCUT2D eigenvalue weighted by molar-refractivity contribution is 0.0752. The molecule has 4 heteroatoms. The van der Waals surface area contributed by atoms with E-state index in [9.17, 15) is 4.79 Å². The largest absolute Gasteiger partial charge is 0.330 e. The molecule has 0 bridgehead atoms. The number of carbonyl (C=O) groups excluding carboxylic acids is 1. The molecular weight excluding hydrogens is 268 g/mol. The highest BCUT2D eigenvalue weighted by molar-refractivity contribution is 7.10. The number of fused-ring (bicyclic) bond motifs is 1. The van der Waals surface area contributed by atoms with Crippen LogP contribution in [-0.4, -0.2) is 17.4 Å². The Morgan fingerprint density at radius 2 is 2.00 bits per heavy atom. The number of hydrogen-bond donors (Lipinski definition) is 1. The quantitative estimate of drug-likeness (QED) is 0.815. The predicted molar refractivity (Wildman–Crippen MR) is 80.3 cm³/mol. The van der Waals surface area contributed by atoms with Gasteiger partial charge in [-0.3, -0.25) is 4.79 Å². The predicted octanol–water partition coefficient (Wildman–Crippen LogP) is 2.21. The van der Waals surface area contributed by atoms with Crippen molar-refractivity contribution >= 4 is 17.2 Å². The van der Waals surface area contributed by atoms with Crippen LogP contribution in [0.2, 0.25) is 0 Å². The Labute approximate surface area is 122 Å². The Bertz CT molecular complexity index is 684. The molecule has 0 unspecified atom stereocenters. The lowest BCUT2D eigenvalue weighted by Crippen LogP contribution is -2.24. The number of thiophene rings is 1. The number of carbonyl (C=O) groups is 1. The summed E-state index contributed by atoms with van der Waals surface area (Å²) in [6.45, 7) is 1.71. The molecule has 2 N–H and O–H groups in total. The van der Waals surface area contributed by atoms with Crippen molar-refractivity contribution in [1.29, 1.82) is 0 Å². The van der Waals surface area contributed by atoms with E-state index in [0.717, 1.165) is 4.88 Å². The van der Waals surface area contributed by atoms with Crippen LogP contribution in [0.15, 0.2) is 35.7 Å². The van der Waals surface area contributed by atoms with E-state index in [1.807, 2.05) is 28.5 Å². The van der Waals surface area contributed by atoms with Gasteiger partial charge in [0.05, 0.1) is 17.0 Å². The molecule has 1 aliphatic rings. The third kappa shape index (κ3) is 2.46. The van der Waals surface area contributed by atoms with Crippen molar-refractivity contribution in [2.24, 2.45) is 5.73 Å². The van der Waals surface area contributed by atoms with Gasteiger partial charge in [0.15, 0.2) is 0 Å². The molecule has 1 aromatic heterocycles. The van der Waals surface area contributed by atoms with E-state index in [1.54, 1.807) is 0 Å². The van der Waals surface area contributed by atoms with Crippen LogP contribution in [0, 0.1) is 11.8 Å². The first kappa shape index (κ1) is 12.9. The van der Waals surface area contributed by atoms with Crippen molar-refractivity contribution in [3.05, 3.63) is 57.3 Å². The summed E-state index contributed by atoms with van der Waals surface area (Å²) in [6.07, 6.45) is 0. The number of amides is 1. The fraction of sp³-hybridized carbons (Fsp3) is 0.188. The smallest absolute Gasteiger partial charge is 0.255 e. The van der Waals surface area contributed by atoms with Gasteiger partial charge in [-0.1, -0.05) is 36.1 Å². The summed E-state index contributed by atoms with van der Waals surface area (Å²) in [4.78, 5) is 15.2. The van der Waals surface area contributed by atoms with Crippen LogP contribution in [0.25, 0.3) is 0 Å². The van der Waals surface area contributed by atoms with Gasteiger partial charge < -0.3 is 10.6 Å². The zero-order valence-corrected chi connectivity index (χ0v) is 11.7. The maximum absolute atomic E-state index is 12.5. The fourth-order valence-corrected chi connectivity index (χ4v) is 3.06. The zero-order chi connectivity index (χ0) is 13.9. The van der Waals surface area contributed by atoms with Crippen LogP contribution < -0.4 is 5.73 Å². The Morgan fingerprint density at radius 3 is 2.65 bits per heavy atom. The van der Waals surface area contributed by atoms with E-state index in [2.05, 4.69) is 24.0 Å². The number of hydrogen-bond acceptors (Lipinski definition) is 3. The van der Waals surface area contributed by atoms with Crippen LogP contribution >= 0.6 is 11.3 Å². The maximum Gasteiger partial charge on any atom is 0.255 e. The monoisotopic (exact) mass is 282 g/mol. The van der Waals surface area contributed by atoms with Crippen LogP contribution in [-0.2, 0) is 13.1 Å². The SMILES string of the molecule is NCC#Cc1cc(C(=O)N2Cc3ccccc3C2)cs1. The summed E-state index contributed by atoms with van der Waals surface area (Å²) < 4.78 is 0. The molecule has 20 heavy (non-hydrogen) atoms. The van der Waals surface area contributed by atoms with Crippen LogP contribution in [0.1, 0.15) is 26.4 Å². The summed E-state index contributed by atoms with van der Waals surface area (Å²) in [5.41, 5.74) is 8.53. The number of rotatable bonds is 1. The molecule has 0 saturated carbocycles. The second-order valence-corrected chi connectivity index (χ2v) is 5.55. The average Bonchev–Trinajstić information content (AvgIpc) is 3.10. The summed E-state index contributed by atoms with van der Waals surface area (Å²) in [6, 6.07) is 10.0. The van der Waals surface area contributed by atoms with Crippen molar-refractivity contribution in [3.8, 4) is 11.8 Å². The van der Waals surface area contributed by atoms with E-state index in [-0.39, 0.29) is 5.91 Å². The average molecular weight is 282 g/mol. The normalized spacial score (nSPS) is 12.8. The third-order valence-corrected chi connectivity index (χ3v) is 4.13. The molecule has 0 saturated heterocycles. The van der Waals surface area contributed by atoms with E-state index < -0.39 is 0 Å². The Balaban J connectivity index is 1.76. The second kappa shape index (κ2) is 5.49. The Morgan fingerprint density at radius 1 is 1.30 bits per heavy atom. The number of benzene rings is 1. The highest BCUT2D eigenvalue weighted by atomic mass is 32.1. The van der Waals surface area contributed by atoms with E-state index in [4.69, 9.17) is 5.73 Å². The zero-order valence-electron chi connectivity index (χ0n) is 10.9. The highest BCUT2D eigenvalue weighted by Crippen LogP contribution is 2.25. The van der Waals surface area contributed by atoms with Crippen LogP contribution in [0.3, 0.4) is 0 Å². The number of nitrogens with two attached hydrogens (primary N) is 1. The lowest BCUT2D eigenvalue weighted by Gasteiger charge is -2.14. The standard InChI is InChI=1S/C16H14N2OS/c17-7-3-6-15-8-14(11-20-15)16(19)18-9-12-4-1-2-5-13(12)10-18/h1-2,4-5,8,11H,7,9-10,17H2. The first-order valence-corrected chi connectivity index (χ1v) is 7.29.